The lowest BCUT2D eigenvalue weighted by molar-refractivity contribution is -0.139. The molecule has 0 fully saturated rings. The van der Waals surface area contributed by atoms with Gasteiger partial charge in [0.1, 0.15) is 13.7 Å². The standard InChI is InChI=1S/C8H5BF4O2/c9-3-1-4(7(14)15)6(10)5(2-3)8(11,12)13/h1-2H,9H2,(H,14,15). The molecule has 0 atom stereocenters. The lowest BCUT2D eigenvalue weighted by Gasteiger charge is -2.10. The van der Waals surface area contributed by atoms with Crippen LogP contribution < -0.4 is 5.46 Å². The number of hydrogen-bond donors (Lipinski definition) is 1. The molecule has 0 heterocycles. The van der Waals surface area contributed by atoms with Gasteiger partial charge in [-0.25, -0.2) is 9.18 Å². The molecule has 2 nitrogen and oxygen atoms in total. The average Bonchev–Trinajstić information content (AvgIpc) is 2.06. The van der Waals surface area contributed by atoms with Crippen LogP contribution in [0.1, 0.15) is 15.9 Å². The summed E-state index contributed by atoms with van der Waals surface area (Å²) in [5.74, 6) is -3.47. The summed E-state index contributed by atoms with van der Waals surface area (Å²) in [6, 6.07) is 1.43. The number of carbonyl (C=O) groups is 1. The fraction of sp³-hybridized carbons (Fsp3) is 0.125. The second-order valence-corrected chi connectivity index (χ2v) is 2.98. The summed E-state index contributed by atoms with van der Waals surface area (Å²) in [7, 11) is 1.27. The zero-order valence-corrected chi connectivity index (χ0v) is 7.52. The minimum Gasteiger partial charge on any atom is -0.478 e. The number of aromatic carboxylic acids is 1. The van der Waals surface area contributed by atoms with Crippen LogP contribution in [0.25, 0.3) is 0 Å². The lowest BCUT2D eigenvalue weighted by Crippen LogP contribution is -2.18. The Hall–Kier alpha value is -1.53. The second-order valence-electron chi connectivity index (χ2n) is 2.98. The molecule has 0 saturated heterocycles. The topological polar surface area (TPSA) is 37.3 Å². The Morgan fingerprint density at radius 2 is 1.87 bits per heavy atom. The second kappa shape index (κ2) is 3.56. The lowest BCUT2D eigenvalue weighted by atomic mass is 9.91. The van der Waals surface area contributed by atoms with Gasteiger partial charge in [-0.3, -0.25) is 0 Å². The summed E-state index contributed by atoms with van der Waals surface area (Å²) in [4.78, 5) is 10.4. The summed E-state index contributed by atoms with van der Waals surface area (Å²) < 4.78 is 49.8. The van der Waals surface area contributed by atoms with Gasteiger partial charge < -0.3 is 5.11 Å². The highest BCUT2D eigenvalue weighted by molar-refractivity contribution is 6.32. The zero-order valence-electron chi connectivity index (χ0n) is 7.52. The van der Waals surface area contributed by atoms with Crippen LogP contribution in [0, 0.1) is 5.82 Å². The van der Waals surface area contributed by atoms with Crippen molar-refractivity contribution in [3.05, 3.63) is 29.1 Å². The minimum absolute atomic E-state index is 0.0427. The first kappa shape index (κ1) is 11.5. The van der Waals surface area contributed by atoms with Gasteiger partial charge >= 0.3 is 12.1 Å². The summed E-state index contributed by atoms with van der Waals surface area (Å²) in [6.45, 7) is 0. The van der Waals surface area contributed by atoms with Crippen molar-refractivity contribution in [2.75, 3.05) is 0 Å². The van der Waals surface area contributed by atoms with E-state index in [4.69, 9.17) is 5.11 Å². The molecule has 0 unspecified atom stereocenters. The number of rotatable bonds is 1. The van der Waals surface area contributed by atoms with Crippen LogP contribution in [-0.2, 0) is 6.18 Å². The Bertz CT molecular complexity index is 414. The number of hydrogen-bond acceptors (Lipinski definition) is 1. The fourth-order valence-electron chi connectivity index (χ4n) is 1.13. The number of carboxylic acids is 1. The maximum absolute atomic E-state index is 13.1. The summed E-state index contributed by atoms with van der Waals surface area (Å²) in [5, 5.41) is 8.47. The molecule has 0 radical (unpaired) electrons. The van der Waals surface area contributed by atoms with Gasteiger partial charge in [0.25, 0.3) is 0 Å². The summed E-state index contributed by atoms with van der Waals surface area (Å²) in [6.07, 6.45) is -4.89. The first-order valence-electron chi connectivity index (χ1n) is 3.84. The van der Waals surface area contributed by atoms with Crippen molar-refractivity contribution in [1.82, 2.24) is 0 Å². The molecule has 1 aromatic carbocycles. The largest absolute Gasteiger partial charge is 0.478 e. The van der Waals surface area contributed by atoms with Crippen molar-refractivity contribution in [2.24, 2.45) is 0 Å². The third-order valence-electron chi connectivity index (χ3n) is 1.75. The Balaban J connectivity index is 3.49. The molecule has 0 aliphatic heterocycles. The first-order chi connectivity index (χ1) is 6.73. The molecule has 0 aliphatic rings. The van der Waals surface area contributed by atoms with Crippen molar-refractivity contribution in [3.8, 4) is 0 Å². The number of benzene rings is 1. The number of halogens is 4. The van der Waals surface area contributed by atoms with Gasteiger partial charge in [0.2, 0.25) is 0 Å². The van der Waals surface area contributed by atoms with Crippen LogP contribution in [-0.4, -0.2) is 18.9 Å². The minimum atomic E-state index is -4.89. The number of carboxylic acid groups (broad SMARTS) is 1. The molecule has 0 spiro atoms. The third kappa shape index (κ3) is 2.29. The van der Waals surface area contributed by atoms with Crippen molar-refractivity contribution < 1.29 is 27.5 Å². The maximum atomic E-state index is 13.1. The van der Waals surface area contributed by atoms with Crippen molar-refractivity contribution in [2.45, 2.75) is 6.18 Å². The van der Waals surface area contributed by atoms with Gasteiger partial charge in [-0.15, -0.1) is 0 Å². The quantitative estimate of drug-likeness (QED) is 0.561. The van der Waals surface area contributed by atoms with E-state index in [1.807, 2.05) is 0 Å². The Morgan fingerprint density at radius 3 is 2.27 bits per heavy atom. The van der Waals surface area contributed by atoms with Gasteiger partial charge in [-0.1, -0.05) is 17.6 Å². The van der Waals surface area contributed by atoms with E-state index in [1.165, 1.54) is 7.85 Å². The molecule has 7 heteroatoms. The zero-order chi connectivity index (χ0) is 11.8. The molecule has 1 N–H and O–H groups in total. The van der Waals surface area contributed by atoms with Crippen LogP contribution in [0.5, 0.6) is 0 Å². The van der Waals surface area contributed by atoms with Crippen molar-refractivity contribution in [1.29, 1.82) is 0 Å². The van der Waals surface area contributed by atoms with Crippen LogP contribution in [0.15, 0.2) is 12.1 Å². The van der Waals surface area contributed by atoms with Crippen LogP contribution in [0.3, 0.4) is 0 Å². The summed E-state index contributed by atoms with van der Waals surface area (Å²) in [5.41, 5.74) is -2.48. The Morgan fingerprint density at radius 1 is 1.33 bits per heavy atom. The highest BCUT2D eigenvalue weighted by atomic mass is 19.4. The molecule has 0 aliphatic carbocycles. The Kier molecular flexibility index (Phi) is 2.74. The van der Waals surface area contributed by atoms with E-state index in [0.717, 1.165) is 6.07 Å². The molecule has 0 bridgehead atoms. The van der Waals surface area contributed by atoms with E-state index in [9.17, 15) is 22.4 Å². The first-order valence-corrected chi connectivity index (χ1v) is 3.84. The highest BCUT2D eigenvalue weighted by Crippen LogP contribution is 2.31. The predicted molar refractivity (Wildman–Crippen MR) is 46.5 cm³/mol. The highest BCUT2D eigenvalue weighted by Gasteiger charge is 2.36. The average molecular weight is 220 g/mol. The number of alkyl halides is 3. The van der Waals surface area contributed by atoms with Gasteiger partial charge in [0.15, 0.2) is 0 Å². The predicted octanol–water partition coefficient (Wildman–Crippen LogP) is 0.801. The van der Waals surface area contributed by atoms with Gasteiger partial charge in [-0.2, -0.15) is 13.2 Å². The molecule has 80 valence electrons. The van der Waals surface area contributed by atoms with E-state index in [2.05, 4.69) is 0 Å². The molecule has 0 saturated carbocycles. The van der Waals surface area contributed by atoms with Gasteiger partial charge in [0, 0.05) is 0 Å². The molecule has 1 aromatic rings. The third-order valence-corrected chi connectivity index (χ3v) is 1.75. The van der Waals surface area contributed by atoms with E-state index in [0.29, 0.717) is 6.07 Å². The molecule has 0 aromatic heterocycles. The Labute approximate surface area is 82.9 Å². The molecular weight excluding hydrogens is 215 g/mol. The SMILES string of the molecule is Bc1cc(C(=O)O)c(F)c(C(F)(F)F)c1. The monoisotopic (exact) mass is 220 g/mol. The molecule has 0 amide bonds. The van der Waals surface area contributed by atoms with E-state index < -0.39 is 29.1 Å². The van der Waals surface area contributed by atoms with E-state index in [-0.39, 0.29) is 5.46 Å². The van der Waals surface area contributed by atoms with Crippen molar-refractivity contribution >= 4 is 19.3 Å². The fourth-order valence-corrected chi connectivity index (χ4v) is 1.13. The van der Waals surface area contributed by atoms with E-state index in [1.54, 1.807) is 0 Å². The normalized spacial score (nSPS) is 11.5. The van der Waals surface area contributed by atoms with Crippen molar-refractivity contribution in [3.63, 3.8) is 0 Å². The smallest absolute Gasteiger partial charge is 0.419 e. The van der Waals surface area contributed by atoms with Gasteiger partial charge in [0.05, 0.1) is 11.1 Å². The van der Waals surface area contributed by atoms with Crippen LogP contribution >= 0.6 is 0 Å². The van der Waals surface area contributed by atoms with Gasteiger partial charge in [-0.05, 0) is 0 Å². The molecule has 1 rings (SSSR count). The van der Waals surface area contributed by atoms with Crippen LogP contribution in [0.2, 0.25) is 0 Å². The van der Waals surface area contributed by atoms with E-state index >= 15 is 0 Å². The maximum Gasteiger partial charge on any atom is 0.419 e. The molecular formula is C8H5BF4O2. The van der Waals surface area contributed by atoms with Crippen LogP contribution in [0.4, 0.5) is 17.6 Å². The summed E-state index contributed by atoms with van der Waals surface area (Å²) >= 11 is 0. The molecule has 15 heavy (non-hydrogen) atoms.